The van der Waals surface area contributed by atoms with Gasteiger partial charge in [-0.1, -0.05) is 0 Å². The van der Waals surface area contributed by atoms with Gasteiger partial charge < -0.3 is 15.4 Å². The normalized spacial score (nSPS) is 15.3. The van der Waals surface area contributed by atoms with Gasteiger partial charge in [-0.25, -0.2) is 14.2 Å². The van der Waals surface area contributed by atoms with Crippen LogP contribution in [0.4, 0.5) is 15.9 Å². The molecule has 4 aromatic rings. The summed E-state index contributed by atoms with van der Waals surface area (Å²) in [5, 5.41) is 17.8. The van der Waals surface area contributed by atoms with Gasteiger partial charge in [0.25, 0.3) is 0 Å². The molecule has 1 fully saturated rings. The zero-order valence-corrected chi connectivity index (χ0v) is 17.5. The minimum absolute atomic E-state index is 0.208. The number of aromatic amines is 2. The maximum atomic E-state index is 14.2. The number of nitrogens with zero attached hydrogens (tertiary/aromatic N) is 4. The van der Waals surface area contributed by atoms with Crippen LogP contribution in [-0.2, 0) is 0 Å². The summed E-state index contributed by atoms with van der Waals surface area (Å²) in [6.45, 7) is 0. The lowest BCUT2D eigenvalue weighted by Crippen LogP contribution is -2.20. The molecule has 30 heavy (non-hydrogen) atoms. The second-order valence-corrected chi connectivity index (χ2v) is 8.18. The molecule has 5 rings (SSSR count). The number of imidazole rings is 1. The molecule has 0 saturated heterocycles. The molecule has 0 aliphatic heterocycles. The average Bonchev–Trinajstić information content (AvgIpc) is 3.34. The van der Waals surface area contributed by atoms with Crippen LogP contribution in [-0.4, -0.2) is 35.7 Å². The second-order valence-electron chi connectivity index (χ2n) is 6.93. The van der Waals surface area contributed by atoms with Gasteiger partial charge in [-0.05, 0) is 59.7 Å². The maximum Gasteiger partial charge on any atom is 0.326 e. The van der Waals surface area contributed by atoms with Crippen molar-refractivity contribution in [3.05, 3.63) is 66.7 Å². The fourth-order valence-electron chi connectivity index (χ4n) is 2.99. The van der Waals surface area contributed by atoms with E-state index in [2.05, 4.69) is 53.0 Å². The third kappa shape index (κ3) is 3.67. The van der Waals surface area contributed by atoms with E-state index in [0.29, 0.717) is 27.9 Å². The van der Waals surface area contributed by atoms with Crippen molar-refractivity contribution in [2.45, 2.75) is 18.9 Å². The van der Waals surface area contributed by atoms with Crippen molar-refractivity contribution in [1.82, 2.24) is 24.6 Å². The summed E-state index contributed by atoms with van der Waals surface area (Å²) in [6.07, 6.45) is 5.14. The quantitative estimate of drug-likeness (QED) is 0.305. The number of aromatic nitrogens is 5. The third-order valence-electron chi connectivity index (χ3n) is 4.57. The molecule has 11 heteroatoms. The van der Waals surface area contributed by atoms with Crippen LogP contribution in [0.2, 0.25) is 0 Å². The topological polar surface area (TPSA) is 123 Å². The Hall–Kier alpha value is -3.22. The molecular formula is C19H15FIN7O2. The molecular weight excluding hydrogens is 504 g/mol. The molecule has 1 saturated carbocycles. The summed E-state index contributed by atoms with van der Waals surface area (Å²) in [6, 6.07) is 6.71. The number of rotatable bonds is 4. The smallest absolute Gasteiger partial charge is 0.326 e. The van der Waals surface area contributed by atoms with Crippen molar-refractivity contribution in [1.29, 1.82) is 0 Å². The van der Waals surface area contributed by atoms with Crippen LogP contribution in [0.25, 0.3) is 11.7 Å². The number of hydrogen-bond donors (Lipinski definition) is 4. The molecule has 4 N–H and O–H groups in total. The molecule has 3 heterocycles. The minimum Gasteiger partial charge on any atom is -0.493 e. The molecule has 0 unspecified atom stereocenters. The summed E-state index contributed by atoms with van der Waals surface area (Å²) in [4.78, 5) is 25.4. The molecule has 0 amide bonds. The van der Waals surface area contributed by atoms with Crippen molar-refractivity contribution in [2.24, 2.45) is 4.99 Å². The number of aromatic hydroxyl groups is 1. The fraction of sp³-hybridized carbons (Fsp3) is 0.158. The third-order valence-corrected chi connectivity index (χ3v) is 5.24. The highest BCUT2D eigenvalue weighted by molar-refractivity contribution is 14.1. The largest absolute Gasteiger partial charge is 0.493 e. The van der Waals surface area contributed by atoms with Crippen molar-refractivity contribution >= 4 is 45.8 Å². The van der Waals surface area contributed by atoms with Crippen LogP contribution >= 0.6 is 22.6 Å². The van der Waals surface area contributed by atoms with Crippen molar-refractivity contribution in [3.8, 4) is 5.88 Å². The molecule has 0 spiro atoms. The van der Waals surface area contributed by atoms with Gasteiger partial charge in [0.05, 0.1) is 17.9 Å². The van der Waals surface area contributed by atoms with E-state index in [0.717, 1.165) is 16.4 Å². The van der Waals surface area contributed by atoms with Gasteiger partial charge in [-0.2, -0.15) is 9.61 Å². The van der Waals surface area contributed by atoms with Crippen molar-refractivity contribution < 1.29 is 9.50 Å². The summed E-state index contributed by atoms with van der Waals surface area (Å²) < 4.78 is 16.7. The van der Waals surface area contributed by atoms with Gasteiger partial charge in [-0.15, -0.1) is 0 Å². The Balaban J connectivity index is 1.69. The number of nitrogens with one attached hydrogen (secondary N) is 3. The highest BCUT2D eigenvalue weighted by atomic mass is 127. The summed E-state index contributed by atoms with van der Waals surface area (Å²) in [5.74, 6) is -0.268. The predicted molar refractivity (Wildman–Crippen MR) is 116 cm³/mol. The number of H-pyrrole nitrogens is 2. The van der Waals surface area contributed by atoms with Crippen molar-refractivity contribution in [3.63, 3.8) is 0 Å². The Bertz CT molecular complexity index is 1450. The van der Waals surface area contributed by atoms with Gasteiger partial charge >= 0.3 is 5.69 Å². The first-order valence-electron chi connectivity index (χ1n) is 9.14. The summed E-state index contributed by atoms with van der Waals surface area (Å²) in [7, 11) is 0. The van der Waals surface area contributed by atoms with Crippen LogP contribution in [0.15, 0.2) is 40.2 Å². The average molecular weight is 519 g/mol. The molecule has 152 valence electrons. The molecule has 0 atom stereocenters. The van der Waals surface area contributed by atoms with Crippen molar-refractivity contribution in [2.75, 3.05) is 5.32 Å². The van der Waals surface area contributed by atoms with E-state index >= 15 is 0 Å². The molecule has 1 aliphatic carbocycles. The number of benzene rings is 1. The minimum atomic E-state index is -0.524. The lowest BCUT2D eigenvalue weighted by molar-refractivity contribution is 0.454. The zero-order valence-electron chi connectivity index (χ0n) is 15.4. The Morgan fingerprint density at radius 1 is 1.33 bits per heavy atom. The van der Waals surface area contributed by atoms with Gasteiger partial charge in [0.1, 0.15) is 17.3 Å². The molecule has 0 radical (unpaired) electrons. The highest BCUT2D eigenvalue weighted by Gasteiger charge is 2.20. The predicted octanol–water partition coefficient (Wildman–Crippen LogP) is 1.55. The lowest BCUT2D eigenvalue weighted by atomic mass is 10.3. The van der Waals surface area contributed by atoms with Gasteiger partial charge in [0, 0.05) is 14.9 Å². The van der Waals surface area contributed by atoms with E-state index in [-0.39, 0.29) is 17.6 Å². The molecule has 9 nitrogen and oxygen atoms in total. The first kappa shape index (κ1) is 18.8. The Morgan fingerprint density at radius 3 is 2.90 bits per heavy atom. The van der Waals surface area contributed by atoms with Crippen LogP contribution in [0.5, 0.6) is 5.88 Å². The van der Waals surface area contributed by atoms with Crippen LogP contribution in [0.3, 0.4) is 0 Å². The molecule has 0 bridgehead atoms. The summed E-state index contributed by atoms with van der Waals surface area (Å²) >= 11 is 2.11. The molecule has 3 aromatic heterocycles. The Morgan fingerprint density at radius 2 is 2.17 bits per heavy atom. The standard InChI is InChI=1S/C19H15FIN7O2/c20-12-4-1-10(21)6-13(12)24-15-7-16(23-11-2-3-11)28-17(26-15)9(8-22-28)5-14-18(29)27-19(30)25-14/h1,4-8,11,24,29H,2-3H2,(H2,25,27,30). The van der Waals surface area contributed by atoms with E-state index in [1.165, 1.54) is 6.07 Å². The van der Waals surface area contributed by atoms with E-state index in [1.54, 1.807) is 35.0 Å². The monoisotopic (exact) mass is 519 g/mol. The number of fused-ring (bicyclic) bond motifs is 1. The molecule has 1 aliphatic rings. The second kappa shape index (κ2) is 7.23. The van der Waals surface area contributed by atoms with Gasteiger partial charge in [-0.3, -0.25) is 9.98 Å². The van der Waals surface area contributed by atoms with E-state index < -0.39 is 11.5 Å². The SMILES string of the molecule is O=c1[nH]c(O)c(C=c2cnn3c(=NC4CC4)cc(Nc4cc(I)ccc4F)nc23)[nH]1. The Kier molecular flexibility index (Phi) is 4.53. The maximum absolute atomic E-state index is 14.2. The first-order chi connectivity index (χ1) is 14.5. The highest BCUT2D eigenvalue weighted by Crippen LogP contribution is 2.23. The first-order valence-corrected chi connectivity index (χ1v) is 10.2. The number of halogens is 2. The lowest BCUT2D eigenvalue weighted by Gasteiger charge is -2.08. The molecule has 1 aromatic carbocycles. The number of hydrogen-bond acceptors (Lipinski definition) is 6. The van der Waals surface area contributed by atoms with E-state index in [4.69, 9.17) is 0 Å². The van der Waals surface area contributed by atoms with Gasteiger partial charge in [0.2, 0.25) is 5.88 Å². The Labute approximate surface area is 181 Å². The van der Waals surface area contributed by atoms with Gasteiger partial charge in [0.15, 0.2) is 11.1 Å². The number of anilines is 2. The van der Waals surface area contributed by atoms with Crippen LogP contribution in [0.1, 0.15) is 18.5 Å². The van der Waals surface area contributed by atoms with E-state index in [1.807, 2.05) is 0 Å². The summed E-state index contributed by atoms with van der Waals surface area (Å²) in [5.41, 5.74) is 1.02. The van der Waals surface area contributed by atoms with Crippen LogP contribution in [0, 0.1) is 9.39 Å². The van der Waals surface area contributed by atoms with E-state index in [9.17, 15) is 14.3 Å². The zero-order chi connectivity index (χ0) is 20.8. The van der Waals surface area contributed by atoms with Crippen LogP contribution < -0.4 is 21.7 Å². The fourth-order valence-corrected chi connectivity index (χ4v) is 3.48.